The molecule has 1 N–H and O–H groups in total. The standard InChI is InChI=1S/C22H28O3/c1-12(2)8-14(23)11-21(4)15-6-7-22(5)19(15)20(21)18-16(24)9-13(3)10-17(18)25-22/h8-10,15,19-20,24H,6-7,11H2,1-5H3/t15-,19+,20+,21+,22+/m1/s1. The maximum Gasteiger partial charge on any atom is 0.156 e. The van der Waals surface area contributed by atoms with Crippen LogP contribution in [-0.2, 0) is 4.79 Å². The highest BCUT2D eigenvalue weighted by Crippen LogP contribution is 2.75. The average Bonchev–Trinajstić information content (AvgIpc) is 2.79. The number of hydrogen-bond donors (Lipinski definition) is 1. The van der Waals surface area contributed by atoms with Crippen molar-refractivity contribution < 1.29 is 14.6 Å². The number of rotatable bonds is 3. The molecule has 0 saturated heterocycles. The Balaban J connectivity index is 1.80. The first kappa shape index (κ1) is 16.7. The molecule has 134 valence electrons. The molecule has 3 heteroatoms. The van der Waals surface area contributed by atoms with Crippen LogP contribution in [0.15, 0.2) is 23.8 Å². The molecule has 1 aromatic carbocycles. The molecule has 3 aliphatic rings. The van der Waals surface area contributed by atoms with Crippen LogP contribution in [0.4, 0.5) is 0 Å². The fraction of sp³-hybridized carbons (Fsp3) is 0.591. The minimum absolute atomic E-state index is 0.100. The Kier molecular flexibility index (Phi) is 3.42. The molecule has 0 bridgehead atoms. The second-order valence-corrected chi connectivity index (χ2v) is 9.13. The maximum atomic E-state index is 12.6. The Hall–Kier alpha value is -1.77. The van der Waals surface area contributed by atoms with Crippen molar-refractivity contribution in [2.45, 2.75) is 65.4 Å². The van der Waals surface area contributed by atoms with E-state index in [0.29, 0.717) is 24.0 Å². The van der Waals surface area contributed by atoms with E-state index >= 15 is 0 Å². The molecule has 5 atom stereocenters. The maximum absolute atomic E-state index is 12.6. The van der Waals surface area contributed by atoms with Gasteiger partial charge < -0.3 is 9.84 Å². The number of ketones is 1. The minimum atomic E-state index is -0.165. The number of benzene rings is 1. The van der Waals surface area contributed by atoms with E-state index in [1.165, 1.54) is 0 Å². The van der Waals surface area contributed by atoms with Crippen molar-refractivity contribution in [3.63, 3.8) is 0 Å². The van der Waals surface area contributed by atoms with Gasteiger partial charge in [-0.05, 0) is 75.6 Å². The highest BCUT2D eigenvalue weighted by atomic mass is 16.5. The number of aryl methyl sites for hydroxylation is 1. The quantitative estimate of drug-likeness (QED) is 0.796. The molecular weight excluding hydrogens is 312 g/mol. The number of carbonyl (C=O) groups is 1. The molecular formula is C22H28O3. The van der Waals surface area contributed by atoms with Crippen LogP contribution in [0.2, 0.25) is 0 Å². The van der Waals surface area contributed by atoms with Crippen molar-refractivity contribution in [1.29, 1.82) is 0 Å². The SMILES string of the molecule is CC(C)=CC(=O)C[C@@]1(C)[C@@H]2CC[C@]3(C)Oc4cc(C)cc(O)c4[C@H]1[C@H]23. The van der Waals surface area contributed by atoms with E-state index in [4.69, 9.17) is 4.74 Å². The molecule has 3 nitrogen and oxygen atoms in total. The van der Waals surface area contributed by atoms with E-state index in [1.54, 1.807) is 6.08 Å². The fourth-order valence-corrected chi connectivity index (χ4v) is 6.07. The number of phenolic OH excluding ortho intramolecular Hbond substituents is 1. The molecule has 2 saturated carbocycles. The van der Waals surface area contributed by atoms with Gasteiger partial charge in [-0.2, -0.15) is 0 Å². The zero-order valence-corrected chi connectivity index (χ0v) is 15.8. The number of fused-ring (bicyclic) bond motifs is 2. The molecule has 4 rings (SSSR count). The number of allylic oxidation sites excluding steroid dienone is 2. The number of aromatic hydroxyl groups is 1. The van der Waals surface area contributed by atoms with Gasteiger partial charge in [0.05, 0.1) is 0 Å². The van der Waals surface area contributed by atoms with Crippen LogP contribution in [0.3, 0.4) is 0 Å². The lowest BCUT2D eigenvalue weighted by Crippen LogP contribution is -2.61. The Labute approximate surface area is 150 Å². The van der Waals surface area contributed by atoms with E-state index < -0.39 is 0 Å². The fourth-order valence-electron chi connectivity index (χ4n) is 6.07. The molecule has 0 radical (unpaired) electrons. The first-order chi connectivity index (χ1) is 11.7. The Morgan fingerprint density at radius 1 is 1.36 bits per heavy atom. The zero-order valence-electron chi connectivity index (χ0n) is 15.8. The van der Waals surface area contributed by atoms with Gasteiger partial charge in [-0.3, -0.25) is 4.79 Å². The Bertz CT molecular complexity index is 789. The molecule has 2 aliphatic carbocycles. The lowest BCUT2D eigenvalue weighted by atomic mass is 9.43. The van der Waals surface area contributed by atoms with Crippen LogP contribution in [-0.4, -0.2) is 16.5 Å². The molecule has 25 heavy (non-hydrogen) atoms. The average molecular weight is 340 g/mol. The third kappa shape index (κ3) is 2.21. The van der Waals surface area contributed by atoms with Gasteiger partial charge in [0.2, 0.25) is 0 Å². The summed E-state index contributed by atoms with van der Waals surface area (Å²) in [4.78, 5) is 12.6. The minimum Gasteiger partial charge on any atom is -0.508 e. The highest BCUT2D eigenvalue weighted by molar-refractivity contribution is 5.91. The third-order valence-corrected chi connectivity index (χ3v) is 6.93. The molecule has 0 unspecified atom stereocenters. The molecule has 1 aromatic rings. The molecule has 0 aromatic heterocycles. The van der Waals surface area contributed by atoms with Crippen LogP contribution in [0.1, 0.15) is 64.0 Å². The Morgan fingerprint density at radius 3 is 2.76 bits per heavy atom. The summed E-state index contributed by atoms with van der Waals surface area (Å²) < 4.78 is 6.41. The molecule has 1 heterocycles. The molecule has 0 spiro atoms. The van der Waals surface area contributed by atoms with Crippen LogP contribution in [0.5, 0.6) is 11.5 Å². The summed E-state index contributed by atoms with van der Waals surface area (Å²) in [5.74, 6) is 2.44. The van der Waals surface area contributed by atoms with Crippen molar-refractivity contribution in [2.75, 3.05) is 0 Å². The highest BCUT2D eigenvalue weighted by Gasteiger charge is 2.71. The second kappa shape index (κ2) is 5.12. The summed E-state index contributed by atoms with van der Waals surface area (Å²) in [7, 11) is 0. The van der Waals surface area contributed by atoms with E-state index in [-0.39, 0.29) is 22.7 Å². The van der Waals surface area contributed by atoms with Gasteiger partial charge in [-0.25, -0.2) is 0 Å². The summed E-state index contributed by atoms with van der Waals surface area (Å²) in [6, 6.07) is 3.87. The van der Waals surface area contributed by atoms with E-state index in [0.717, 1.165) is 35.3 Å². The van der Waals surface area contributed by atoms with Crippen LogP contribution in [0.25, 0.3) is 0 Å². The number of carbonyl (C=O) groups excluding carboxylic acids is 1. The van der Waals surface area contributed by atoms with Gasteiger partial charge in [-0.1, -0.05) is 12.5 Å². The summed E-state index contributed by atoms with van der Waals surface area (Å²) >= 11 is 0. The number of hydrogen-bond acceptors (Lipinski definition) is 3. The first-order valence-electron chi connectivity index (χ1n) is 9.36. The van der Waals surface area contributed by atoms with Gasteiger partial charge in [0, 0.05) is 23.8 Å². The van der Waals surface area contributed by atoms with Gasteiger partial charge in [0.15, 0.2) is 5.78 Å². The van der Waals surface area contributed by atoms with Crippen molar-refractivity contribution in [3.05, 3.63) is 34.9 Å². The smallest absolute Gasteiger partial charge is 0.156 e. The topological polar surface area (TPSA) is 46.5 Å². The molecule has 2 fully saturated rings. The van der Waals surface area contributed by atoms with E-state index in [1.807, 2.05) is 32.9 Å². The van der Waals surface area contributed by atoms with Crippen molar-refractivity contribution in [2.24, 2.45) is 17.3 Å². The van der Waals surface area contributed by atoms with Gasteiger partial charge in [-0.15, -0.1) is 0 Å². The van der Waals surface area contributed by atoms with Gasteiger partial charge in [0.25, 0.3) is 0 Å². The molecule has 0 amide bonds. The van der Waals surface area contributed by atoms with Crippen LogP contribution >= 0.6 is 0 Å². The summed E-state index contributed by atoms with van der Waals surface area (Å²) in [5, 5.41) is 10.7. The number of phenols is 1. The monoisotopic (exact) mass is 340 g/mol. The van der Waals surface area contributed by atoms with Crippen LogP contribution < -0.4 is 4.74 Å². The predicted octanol–water partition coefficient (Wildman–Crippen LogP) is 4.91. The molecule has 1 aliphatic heterocycles. The lowest BCUT2D eigenvalue weighted by molar-refractivity contribution is -0.145. The normalized spacial score (nSPS) is 37.4. The third-order valence-electron chi connectivity index (χ3n) is 6.93. The summed E-state index contributed by atoms with van der Waals surface area (Å²) in [6.45, 7) is 10.4. The zero-order chi connectivity index (χ0) is 18.1. The van der Waals surface area contributed by atoms with Crippen LogP contribution in [0, 0.1) is 24.2 Å². The Morgan fingerprint density at radius 2 is 2.08 bits per heavy atom. The van der Waals surface area contributed by atoms with Gasteiger partial charge >= 0.3 is 0 Å². The van der Waals surface area contributed by atoms with Gasteiger partial charge in [0.1, 0.15) is 17.1 Å². The predicted molar refractivity (Wildman–Crippen MR) is 98.0 cm³/mol. The van der Waals surface area contributed by atoms with Crippen molar-refractivity contribution in [3.8, 4) is 11.5 Å². The lowest BCUT2D eigenvalue weighted by Gasteiger charge is -2.63. The number of ether oxygens (including phenoxy) is 1. The largest absolute Gasteiger partial charge is 0.508 e. The summed E-state index contributed by atoms with van der Waals surface area (Å²) in [6.07, 6.45) is 4.44. The second-order valence-electron chi connectivity index (χ2n) is 9.13. The van der Waals surface area contributed by atoms with Crippen molar-refractivity contribution >= 4 is 5.78 Å². The first-order valence-corrected chi connectivity index (χ1v) is 9.36. The van der Waals surface area contributed by atoms with E-state index in [2.05, 4.69) is 13.8 Å². The van der Waals surface area contributed by atoms with Crippen molar-refractivity contribution in [1.82, 2.24) is 0 Å². The van der Waals surface area contributed by atoms with E-state index in [9.17, 15) is 9.90 Å². The summed E-state index contributed by atoms with van der Waals surface area (Å²) in [5.41, 5.74) is 2.72.